The van der Waals surface area contributed by atoms with Crippen molar-refractivity contribution >= 4 is 71.4 Å². The van der Waals surface area contributed by atoms with E-state index in [0.717, 1.165) is 18.6 Å². The standard InChI is InChI=1S/C42H64N6O13S/c1-8-9-18-62-23-27(22-49)44-39(59)30(19-24(2)3)46-40(60)36(42(5,6)7)48(32(50)15-17-34(53)54)41(61)31(20-26-13-11-10-12-25(26)4)47-38(58)29(14-16-33(51)52)45-37(57)28(43)21-35(55)56/h10-13,22,24,27-31,36H,8-9,14-21,23,43H2,1-7H3,(H,44,59)(H,45,57)(H,46,60)(H,47,58)(H,51,52)(H,53,54)(H,55,56)/t27?,28-,29-,30-,31-,36+/m0/s1. The molecule has 1 rings (SSSR count). The van der Waals surface area contributed by atoms with Crippen molar-refractivity contribution in [1.82, 2.24) is 26.2 Å². The normalized spacial score (nSPS) is 14.2. The van der Waals surface area contributed by atoms with Gasteiger partial charge in [0.15, 0.2) is 0 Å². The van der Waals surface area contributed by atoms with E-state index in [9.17, 15) is 53.4 Å². The maximum atomic E-state index is 15.0. The Hall–Kier alpha value is -5.37. The molecule has 6 atom stereocenters. The van der Waals surface area contributed by atoms with Crippen LogP contribution in [0.15, 0.2) is 24.3 Å². The number of carboxylic acid groups (broad SMARTS) is 3. The van der Waals surface area contributed by atoms with Gasteiger partial charge in [-0.15, -0.1) is 0 Å². The lowest BCUT2D eigenvalue weighted by Crippen LogP contribution is -2.64. The number of benzene rings is 1. The lowest BCUT2D eigenvalue weighted by Gasteiger charge is -2.40. The predicted molar refractivity (Wildman–Crippen MR) is 229 cm³/mol. The molecule has 0 heterocycles. The minimum Gasteiger partial charge on any atom is -0.481 e. The summed E-state index contributed by atoms with van der Waals surface area (Å²) in [5.74, 6) is -9.47. The zero-order chi connectivity index (χ0) is 47.3. The Morgan fingerprint density at radius 2 is 1.37 bits per heavy atom. The number of carbonyl (C=O) groups is 10. The molecule has 0 bridgehead atoms. The van der Waals surface area contributed by atoms with Crippen LogP contribution in [0.3, 0.4) is 0 Å². The minimum atomic E-state index is -1.74. The smallest absolute Gasteiger partial charge is 0.305 e. The van der Waals surface area contributed by atoms with Gasteiger partial charge >= 0.3 is 17.9 Å². The number of aryl methyl sites for hydroxylation is 1. The van der Waals surface area contributed by atoms with Crippen molar-refractivity contribution in [1.29, 1.82) is 0 Å². The summed E-state index contributed by atoms with van der Waals surface area (Å²) in [5.41, 5.74) is 5.51. The molecule has 62 heavy (non-hydrogen) atoms. The van der Waals surface area contributed by atoms with Gasteiger partial charge in [-0.25, -0.2) is 0 Å². The number of hydrogen-bond donors (Lipinski definition) is 8. The second-order valence-electron chi connectivity index (χ2n) is 16.5. The summed E-state index contributed by atoms with van der Waals surface area (Å²) in [5, 5.41) is 38.1. The molecule has 1 unspecified atom stereocenters. The number of unbranched alkanes of at least 4 members (excludes halogenated alkanes) is 1. The highest BCUT2D eigenvalue weighted by molar-refractivity contribution is 7.99. The average Bonchev–Trinajstić information content (AvgIpc) is 3.17. The first kappa shape index (κ1) is 54.6. The van der Waals surface area contributed by atoms with Crippen molar-refractivity contribution in [3.63, 3.8) is 0 Å². The quantitative estimate of drug-likeness (QED) is 0.0437. The van der Waals surface area contributed by atoms with Gasteiger partial charge in [-0.2, -0.15) is 11.8 Å². The van der Waals surface area contributed by atoms with Crippen LogP contribution in [0.2, 0.25) is 0 Å². The van der Waals surface area contributed by atoms with Gasteiger partial charge in [-0.1, -0.05) is 72.2 Å². The van der Waals surface area contributed by atoms with Crippen molar-refractivity contribution in [2.24, 2.45) is 17.1 Å². The van der Waals surface area contributed by atoms with E-state index < -0.39 is 127 Å². The number of imide groups is 1. The fourth-order valence-corrected chi connectivity index (χ4v) is 7.31. The van der Waals surface area contributed by atoms with Crippen LogP contribution >= 0.6 is 11.8 Å². The van der Waals surface area contributed by atoms with Gasteiger partial charge in [0, 0.05) is 25.0 Å². The van der Waals surface area contributed by atoms with Gasteiger partial charge in [0.2, 0.25) is 29.5 Å². The Balaban J connectivity index is 3.90. The van der Waals surface area contributed by atoms with Crippen molar-refractivity contribution in [2.45, 2.75) is 143 Å². The van der Waals surface area contributed by atoms with Gasteiger partial charge in [0.25, 0.3) is 5.91 Å². The first-order valence-electron chi connectivity index (χ1n) is 20.5. The van der Waals surface area contributed by atoms with Gasteiger partial charge in [0.1, 0.15) is 30.5 Å². The average molecular weight is 893 g/mol. The van der Waals surface area contributed by atoms with E-state index in [1.165, 1.54) is 32.5 Å². The third-order valence-corrected chi connectivity index (χ3v) is 10.6. The van der Waals surface area contributed by atoms with E-state index in [1.54, 1.807) is 45.0 Å². The third kappa shape index (κ3) is 19.6. The number of hydrogen-bond acceptors (Lipinski definition) is 12. The van der Waals surface area contributed by atoms with E-state index in [1.807, 2.05) is 6.92 Å². The van der Waals surface area contributed by atoms with Crippen LogP contribution in [0, 0.1) is 18.3 Å². The van der Waals surface area contributed by atoms with Crippen LogP contribution in [0.1, 0.15) is 104 Å². The number of aliphatic carboxylic acids is 3. The van der Waals surface area contributed by atoms with Crippen molar-refractivity contribution in [3.05, 3.63) is 35.4 Å². The van der Waals surface area contributed by atoms with Crippen LogP contribution in [0.4, 0.5) is 0 Å². The van der Waals surface area contributed by atoms with Crippen LogP contribution in [0.25, 0.3) is 0 Å². The second-order valence-corrected chi connectivity index (χ2v) is 17.7. The van der Waals surface area contributed by atoms with Gasteiger partial charge in [0.05, 0.1) is 24.9 Å². The molecule has 0 aliphatic heterocycles. The van der Waals surface area contributed by atoms with E-state index in [-0.39, 0.29) is 24.5 Å². The minimum absolute atomic E-state index is 0.0788. The van der Waals surface area contributed by atoms with E-state index in [4.69, 9.17) is 10.8 Å². The molecule has 1 aromatic rings. The van der Waals surface area contributed by atoms with Crippen molar-refractivity contribution in [3.8, 4) is 0 Å². The molecule has 20 heteroatoms. The molecule has 0 aliphatic carbocycles. The van der Waals surface area contributed by atoms with E-state index in [2.05, 4.69) is 21.3 Å². The summed E-state index contributed by atoms with van der Waals surface area (Å²) < 4.78 is 0. The van der Waals surface area contributed by atoms with Gasteiger partial charge < -0.3 is 47.1 Å². The molecule has 0 aromatic heterocycles. The summed E-state index contributed by atoms with van der Waals surface area (Å²) >= 11 is 1.48. The molecule has 9 N–H and O–H groups in total. The molecule has 1 aromatic carbocycles. The zero-order valence-corrected chi connectivity index (χ0v) is 37.4. The lowest BCUT2D eigenvalue weighted by molar-refractivity contribution is -0.159. The molecule has 0 aliphatic rings. The molecule has 0 fully saturated rings. The molecule has 0 saturated heterocycles. The Morgan fingerprint density at radius 3 is 1.90 bits per heavy atom. The summed E-state index contributed by atoms with van der Waals surface area (Å²) in [7, 11) is 0. The Labute approximate surface area is 366 Å². The molecule has 0 spiro atoms. The Bertz CT molecular complexity index is 1750. The molecular weight excluding hydrogens is 829 g/mol. The first-order chi connectivity index (χ1) is 28.9. The number of aldehydes is 1. The maximum Gasteiger partial charge on any atom is 0.305 e. The molecule has 6 amide bonds. The fourth-order valence-electron chi connectivity index (χ4n) is 6.23. The van der Waals surface area contributed by atoms with Gasteiger partial charge in [-0.3, -0.25) is 48.1 Å². The zero-order valence-electron chi connectivity index (χ0n) is 36.6. The summed E-state index contributed by atoms with van der Waals surface area (Å²) in [6.07, 6.45) is -1.34. The SMILES string of the molecule is CCCCSCC(C=O)NC(=O)[C@H](CC(C)C)NC(=O)[C@@H](N(C(=O)CCC(=O)O)C(=O)[C@H](Cc1ccccc1C)NC(=O)[C@H](CCC(=O)O)NC(=O)[C@@H](N)CC(=O)O)C(C)(C)C. The van der Waals surface area contributed by atoms with Crippen LogP contribution in [-0.4, -0.2) is 128 Å². The summed E-state index contributed by atoms with van der Waals surface area (Å²) in [6.45, 7) is 11.9. The second kappa shape index (κ2) is 26.9. The highest BCUT2D eigenvalue weighted by Gasteiger charge is 2.46. The van der Waals surface area contributed by atoms with Crippen LogP contribution < -0.4 is 27.0 Å². The molecule has 19 nitrogen and oxygen atoms in total. The molecule has 0 saturated carbocycles. The highest BCUT2D eigenvalue weighted by atomic mass is 32.2. The largest absolute Gasteiger partial charge is 0.481 e. The molecular formula is C42H64N6O13S. The number of amides is 6. The topological polar surface area (TPSA) is 309 Å². The van der Waals surface area contributed by atoms with Crippen molar-refractivity contribution in [2.75, 3.05) is 11.5 Å². The number of nitrogens with one attached hydrogen (secondary N) is 4. The summed E-state index contributed by atoms with van der Waals surface area (Å²) in [4.78, 5) is 131. The number of nitrogens with zero attached hydrogens (tertiary/aromatic N) is 1. The predicted octanol–water partition coefficient (Wildman–Crippen LogP) is 1.56. The first-order valence-corrected chi connectivity index (χ1v) is 21.6. The Morgan fingerprint density at radius 1 is 0.790 bits per heavy atom. The number of nitrogens with two attached hydrogens (primary N) is 1. The number of thioether (sulfide) groups is 1. The monoisotopic (exact) mass is 892 g/mol. The van der Waals surface area contributed by atoms with Crippen molar-refractivity contribution < 1.29 is 63.3 Å². The van der Waals surface area contributed by atoms with Gasteiger partial charge in [-0.05, 0) is 54.4 Å². The van der Waals surface area contributed by atoms with Crippen LogP contribution in [0.5, 0.6) is 0 Å². The molecule has 346 valence electrons. The number of rotatable bonds is 28. The Kier molecular flexibility index (Phi) is 23.7. The molecule has 0 radical (unpaired) electrons. The van der Waals surface area contributed by atoms with Crippen LogP contribution in [-0.2, 0) is 54.4 Å². The third-order valence-electron chi connectivity index (χ3n) is 9.47. The highest BCUT2D eigenvalue weighted by Crippen LogP contribution is 2.28. The lowest BCUT2D eigenvalue weighted by atomic mass is 9.83. The number of carboxylic acids is 3. The maximum absolute atomic E-state index is 15.0. The summed E-state index contributed by atoms with van der Waals surface area (Å²) in [6, 6.07) is -2.23. The van der Waals surface area contributed by atoms with E-state index in [0.29, 0.717) is 22.3 Å². The number of carbonyl (C=O) groups excluding carboxylic acids is 7. The fraction of sp³-hybridized carbons (Fsp3) is 0.619. The van der Waals surface area contributed by atoms with E-state index >= 15 is 4.79 Å².